The quantitative estimate of drug-likeness (QED) is 0.849. The number of aliphatic imine (C=N–C) groups is 1. The molecule has 0 bridgehead atoms. The lowest BCUT2D eigenvalue weighted by Gasteiger charge is -2.08. The van der Waals surface area contributed by atoms with Crippen LogP contribution in [-0.4, -0.2) is 11.6 Å². The Morgan fingerprint density at radius 3 is 2.78 bits per heavy atom. The summed E-state index contributed by atoms with van der Waals surface area (Å²) < 4.78 is 18.3. The third kappa shape index (κ3) is 4.26. The molecule has 0 aliphatic rings. The first kappa shape index (κ1) is 16.4. The van der Waals surface area contributed by atoms with Gasteiger partial charge in [-0.15, -0.1) is 0 Å². The largest absolute Gasteiger partial charge is 0.459 e. The maximum absolute atomic E-state index is 13.2. The third-order valence-corrected chi connectivity index (χ3v) is 3.10. The second-order valence-electron chi connectivity index (χ2n) is 4.91. The highest BCUT2D eigenvalue weighted by Crippen LogP contribution is 2.13. The molecule has 2 aromatic rings. The molecule has 1 amide bonds. The van der Waals surface area contributed by atoms with E-state index in [-0.39, 0.29) is 17.5 Å². The molecule has 1 heterocycles. The van der Waals surface area contributed by atoms with Crippen molar-refractivity contribution in [1.82, 2.24) is 5.32 Å². The number of hydrogen-bond donors (Lipinski definition) is 1. The smallest absolute Gasteiger partial charge is 0.291 e. The summed E-state index contributed by atoms with van der Waals surface area (Å²) in [7, 11) is 0. The number of carbonyl (C=O) groups is 1. The summed E-state index contributed by atoms with van der Waals surface area (Å²) in [5.74, 6) is -0.438. The lowest BCUT2D eigenvalue weighted by atomic mass is 10.0. The van der Waals surface area contributed by atoms with E-state index in [4.69, 9.17) is 4.42 Å². The maximum atomic E-state index is 13.2. The van der Waals surface area contributed by atoms with E-state index in [1.807, 2.05) is 0 Å². The molecule has 1 aromatic carbocycles. The Morgan fingerprint density at radius 2 is 2.17 bits per heavy atom. The average molecular weight is 312 g/mol. The number of hydrogen-bond acceptors (Lipinski definition) is 3. The van der Waals surface area contributed by atoms with Gasteiger partial charge in [0.1, 0.15) is 5.82 Å². The highest BCUT2D eigenvalue weighted by Gasteiger charge is 2.10. The molecular formula is C18H17FN2O2. The van der Waals surface area contributed by atoms with Crippen molar-refractivity contribution in [3.63, 3.8) is 0 Å². The van der Waals surface area contributed by atoms with Gasteiger partial charge < -0.3 is 9.73 Å². The van der Waals surface area contributed by atoms with Crippen molar-refractivity contribution in [2.45, 2.75) is 13.8 Å². The Labute approximate surface area is 134 Å². The van der Waals surface area contributed by atoms with Crippen molar-refractivity contribution >= 4 is 11.6 Å². The van der Waals surface area contributed by atoms with Gasteiger partial charge in [0.05, 0.1) is 12.0 Å². The summed E-state index contributed by atoms with van der Waals surface area (Å²) >= 11 is 0. The average Bonchev–Trinajstić information content (AvgIpc) is 3.01. The monoisotopic (exact) mass is 312 g/mol. The van der Waals surface area contributed by atoms with Crippen LogP contribution < -0.4 is 5.32 Å². The SMILES string of the molecule is C=C/N=C(\C=C(/C)NC(=O)c1ccco1)c1ccc(F)cc1C. The van der Waals surface area contributed by atoms with Gasteiger partial charge in [0.15, 0.2) is 5.76 Å². The fourth-order valence-corrected chi connectivity index (χ4v) is 2.09. The molecule has 118 valence electrons. The maximum Gasteiger partial charge on any atom is 0.291 e. The first-order chi connectivity index (χ1) is 11.0. The Kier molecular flexibility index (Phi) is 5.25. The molecule has 0 radical (unpaired) electrons. The molecule has 0 saturated heterocycles. The minimum Gasteiger partial charge on any atom is -0.459 e. The number of nitrogens with one attached hydrogen (secondary N) is 1. The lowest BCUT2D eigenvalue weighted by Crippen LogP contribution is -2.21. The van der Waals surface area contributed by atoms with Gasteiger partial charge >= 0.3 is 0 Å². The van der Waals surface area contributed by atoms with E-state index in [0.717, 1.165) is 11.1 Å². The molecule has 23 heavy (non-hydrogen) atoms. The number of allylic oxidation sites excluding steroid dienone is 2. The minimum atomic E-state index is -0.350. The molecule has 1 N–H and O–H groups in total. The molecule has 4 nitrogen and oxygen atoms in total. The van der Waals surface area contributed by atoms with Crippen molar-refractivity contribution in [3.05, 3.63) is 83.9 Å². The van der Waals surface area contributed by atoms with Crippen LogP contribution in [-0.2, 0) is 0 Å². The molecule has 0 fully saturated rings. The van der Waals surface area contributed by atoms with Crippen LogP contribution in [0.4, 0.5) is 4.39 Å². The van der Waals surface area contributed by atoms with Gasteiger partial charge in [-0.25, -0.2) is 4.39 Å². The number of aryl methyl sites for hydroxylation is 1. The summed E-state index contributed by atoms with van der Waals surface area (Å²) in [5, 5.41) is 2.71. The normalized spacial score (nSPS) is 12.1. The van der Waals surface area contributed by atoms with E-state index in [1.165, 1.54) is 24.6 Å². The van der Waals surface area contributed by atoms with Crippen molar-refractivity contribution < 1.29 is 13.6 Å². The molecule has 0 atom stereocenters. The van der Waals surface area contributed by atoms with Crippen LogP contribution in [0.2, 0.25) is 0 Å². The number of carbonyl (C=O) groups excluding carboxylic acids is 1. The van der Waals surface area contributed by atoms with Gasteiger partial charge in [-0.3, -0.25) is 9.79 Å². The van der Waals surface area contributed by atoms with Crippen molar-refractivity contribution in [2.24, 2.45) is 4.99 Å². The van der Waals surface area contributed by atoms with Crippen molar-refractivity contribution in [3.8, 4) is 0 Å². The molecule has 0 spiro atoms. The van der Waals surface area contributed by atoms with Gasteiger partial charge in [-0.05, 0) is 55.8 Å². The highest BCUT2D eigenvalue weighted by molar-refractivity contribution is 6.10. The molecule has 0 saturated carbocycles. The number of amides is 1. The van der Waals surface area contributed by atoms with Crippen LogP contribution in [0.15, 0.2) is 70.6 Å². The molecule has 0 unspecified atom stereocenters. The minimum absolute atomic E-state index is 0.220. The number of benzene rings is 1. The van der Waals surface area contributed by atoms with Crippen LogP contribution in [0, 0.1) is 12.7 Å². The molecule has 2 rings (SSSR count). The van der Waals surface area contributed by atoms with Crippen LogP contribution >= 0.6 is 0 Å². The van der Waals surface area contributed by atoms with Crippen LogP contribution in [0.3, 0.4) is 0 Å². The number of halogens is 1. The Hall–Kier alpha value is -2.95. The van der Waals surface area contributed by atoms with Crippen molar-refractivity contribution in [2.75, 3.05) is 0 Å². The lowest BCUT2D eigenvalue weighted by molar-refractivity contribution is 0.0938. The van der Waals surface area contributed by atoms with E-state index >= 15 is 0 Å². The number of nitrogens with zero attached hydrogens (tertiary/aromatic N) is 1. The Balaban J connectivity index is 2.26. The summed E-state index contributed by atoms with van der Waals surface area (Å²) in [5.41, 5.74) is 2.66. The fourth-order valence-electron chi connectivity index (χ4n) is 2.09. The summed E-state index contributed by atoms with van der Waals surface area (Å²) in [6, 6.07) is 7.65. The molecule has 0 aliphatic heterocycles. The summed E-state index contributed by atoms with van der Waals surface area (Å²) in [6.45, 7) is 7.12. The van der Waals surface area contributed by atoms with Gasteiger partial charge in [0.2, 0.25) is 0 Å². The fraction of sp³-hybridized carbons (Fsp3) is 0.111. The molecular weight excluding hydrogens is 295 g/mol. The number of rotatable bonds is 5. The second-order valence-corrected chi connectivity index (χ2v) is 4.91. The van der Waals surface area contributed by atoms with Crippen molar-refractivity contribution in [1.29, 1.82) is 0 Å². The topological polar surface area (TPSA) is 54.6 Å². The molecule has 5 heteroatoms. The van der Waals surface area contributed by atoms with Gasteiger partial charge in [-0.2, -0.15) is 0 Å². The number of furan rings is 1. The van der Waals surface area contributed by atoms with Gasteiger partial charge in [0, 0.05) is 17.5 Å². The first-order valence-corrected chi connectivity index (χ1v) is 6.99. The first-order valence-electron chi connectivity index (χ1n) is 6.99. The molecule has 1 aromatic heterocycles. The van der Waals surface area contributed by atoms with Gasteiger partial charge in [-0.1, -0.05) is 6.58 Å². The van der Waals surface area contributed by atoms with Crippen LogP contribution in [0.1, 0.15) is 28.6 Å². The van der Waals surface area contributed by atoms with Gasteiger partial charge in [0.25, 0.3) is 5.91 Å². The third-order valence-electron chi connectivity index (χ3n) is 3.10. The van der Waals surface area contributed by atoms with E-state index in [0.29, 0.717) is 11.4 Å². The highest BCUT2D eigenvalue weighted by atomic mass is 19.1. The Morgan fingerprint density at radius 1 is 1.39 bits per heavy atom. The zero-order chi connectivity index (χ0) is 16.8. The zero-order valence-corrected chi connectivity index (χ0v) is 13.0. The van der Waals surface area contributed by atoms with E-state index in [1.54, 1.807) is 38.1 Å². The Bertz CT molecular complexity index is 774. The van der Waals surface area contributed by atoms with Crippen LogP contribution in [0.25, 0.3) is 0 Å². The van der Waals surface area contributed by atoms with E-state index in [9.17, 15) is 9.18 Å². The summed E-state index contributed by atoms with van der Waals surface area (Å²) in [4.78, 5) is 16.2. The van der Waals surface area contributed by atoms with E-state index < -0.39 is 0 Å². The van der Waals surface area contributed by atoms with Crippen LogP contribution in [0.5, 0.6) is 0 Å². The summed E-state index contributed by atoms with van der Waals surface area (Å²) in [6.07, 6.45) is 4.53. The standard InChI is InChI=1S/C18H17FN2O2/c1-4-20-16(15-8-7-14(19)10-12(15)2)11-13(3)21-18(22)17-6-5-9-23-17/h4-11H,1H2,2-3H3,(H,21,22)/b13-11+,20-16+. The predicted molar refractivity (Wildman–Crippen MR) is 87.8 cm³/mol. The zero-order valence-electron chi connectivity index (χ0n) is 13.0. The van der Waals surface area contributed by atoms with E-state index in [2.05, 4.69) is 16.9 Å². The predicted octanol–water partition coefficient (Wildman–Crippen LogP) is 3.99. The second kappa shape index (κ2) is 7.35. The molecule has 0 aliphatic carbocycles.